The van der Waals surface area contributed by atoms with E-state index in [1.807, 2.05) is 10.7 Å². The second-order valence-electron chi connectivity index (χ2n) is 4.95. The lowest BCUT2D eigenvalue weighted by Crippen LogP contribution is -2.26. The van der Waals surface area contributed by atoms with Crippen molar-refractivity contribution in [1.29, 1.82) is 0 Å². The highest BCUT2D eigenvalue weighted by Crippen LogP contribution is 2.32. The fourth-order valence-electron chi connectivity index (χ4n) is 2.14. The van der Waals surface area contributed by atoms with Crippen LogP contribution in [0, 0.1) is 0 Å². The molecule has 2 rings (SSSR count). The number of nitrogens with zero attached hydrogens (tertiary/aromatic N) is 2. The van der Waals surface area contributed by atoms with Gasteiger partial charge in [0.15, 0.2) is 5.22 Å². The van der Waals surface area contributed by atoms with Gasteiger partial charge in [0.25, 0.3) is 0 Å². The van der Waals surface area contributed by atoms with Crippen molar-refractivity contribution in [3.05, 3.63) is 40.0 Å². The summed E-state index contributed by atoms with van der Waals surface area (Å²) in [5.74, 6) is 0.743. The van der Waals surface area contributed by atoms with Gasteiger partial charge < -0.3 is 9.73 Å². The summed E-state index contributed by atoms with van der Waals surface area (Å²) in [5.41, 5.74) is 0.904. The first-order valence-electron chi connectivity index (χ1n) is 6.76. The largest absolute Gasteiger partial charge is 0.448 e. The van der Waals surface area contributed by atoms with Crippen molar-refractivity contribution in [2.45, 2.75) is 39.3 Å². The van der Waals surface area contributed by atoms with Crippen molar-refractivity contribution in [2.24, 2.45) is 0 Å². The van der Waals surface area contributed by atoms with Crippen molar-refractivity contribution in [2.75, 3.05) is 6.54 Å². The van der Waals surface area contributed by atoms with Gasteiger partial charge in [-0.05, 0) is 50.5 Å². The van der Waals surface area contributed by atoms with Crippen LogP contribution >= 0.6 is 23.2 Å². The smallest absolute Gasteiger partial charge is 0.193 e. The zero-order valence-electron chi connectivity index (χ0n) is 11.9. The van der Waals surface area contributed by atoms with Crippen LogP contribution in [-0.4, -0.2) is 16.3 Å². The molecule has 0 aromatic carbocycles. The van der Waals surface area contributed by atoms with Gasteiger partial charge in [-0.3, -0.25) is 4.68 Å². The molecule has 1 N–H and O–H groups in total. The molecular formula is C14H19Cl2N3O. The van der Waals surface area contributed by atoms with Crippen LogP contribution in [0.3, 0.4) is 0 Å². The molecule has 0 radical (unpaired) electrons. The molecule has 4 nitrogen and oxygen atoms in total. The van der Waals surface area contributed by atoms with E-state index in [0.717, 1.165) is 24.4 Å². The average molecular weight is 316 g/mol. The molecule has 2 heterocycles. The Morgan fingerprint density at radius 3 is 2.65 bits per heavy atom. The number of hydrogen-bond donors (Lipinski definition) is 1. The first kappa shape index (κ1) is 15.4. The van der Waals surface area contributed by atoms with Gasteiger partial charge in [-0.2, -0.15) is 5.10 Å². The predicted octanol–water partition coefficient (Wildman–Crippen LogP) is 4.45. The molecule has 1 unspecified atom stereocenters. The Bertz CT molecular complexity index is 563. The van der Waals surface area contributed by atoms with E-state index in [1.54, 1.807) is 12.3 Å². The van der Waals surface area contributed by atoms with Crippen LogP contribution in [0.15, 0.2) is 22.7 Å². The molecule has 20 heavy (non-hydrogen) atoms. The van der Waals surface area contributed by atoms with Gasteiger partial charge >= 0.3 is 0 Å². The minimum atomic E-state index is -0.153. The number of halogens is 2. The van der Waals surface area contributed by atoms with E-state index in [-0.39, 0.29) is 12.1 Å². The van der Waals surface area contributed by atoms with E-state index in [4.69, 9.17) is 27.6 Å². The molecular weight excluding hydrogens is 297 g/mol. The Morgan fingerprint density at radius 1 is 1.35 bits per heavy atom. The SMILES string of the molecule is CCCNC(c1ccc(Cl)o1)c1c(Cl)cnn1C(C)C. The summed E-state index contributed by atoms with van der Waals surface area (Å²) in [6.07, 6.45) is 2.68. The molecule has 0 aliphatic heterocycles. The number of nitrogens with one attached hydrogen (secondary N) is 1. The van der Waals surface area contributed by atoms with Crippen molar-refractivity contribution < 1.29 is 4.42 Å². The van der Waals surface area contributed by atoms with Crippen LogP contribution in [0.5, 0.6) is 0 Å². The number of furan rings is 1. The van der Waals surface area contributed by atoms with Gasteiger partial charge in [-0.1, -0.05) is 18.5 Å². The lowest BCUT2D eigenvalue weighted by molar-refractivity contribution is 0.413. The summed E-state index contributed by atoms with van der Waals surface area (Å²) >= 11 is 12.2. The zero-order valence-corrected chi connectivity index (χ0v) is 13.4. The fourth-order valence-corrected chi connectivity index (χ4v) is 2.53. The first-order valence-corrected chi connectivity index (χ1v) is 7.51. The first-order chi connectivity index (χ1) is 9.54. The van der Waals surface area contributed by atoms with Gasteiger partial charge in [-0.25, -0.2) is 0 Å². The lowest BCUT2D eigenvalue weighted by atomic mass is 10.1. The highest BCUT2D eigenvalue weighted by molar-refractivity contribution is 6.31. The van der Waals surface area contributed by atoms with Crippen molar-refractivity contribution in [3.63, 3.8) is 0 Å². The summed E-state index contributed by atoms with van der Waals surface area (Å²) in [6.45, 7) is 7.10. The van der Waals surface area contributed by atoms with Crippen LogP contribution in [0.2, 0.25) is 10.2 Å². The summed E-state index contributed by atoms with van der Waals surface area (Å²) in [4.78, 5) is 0. The summed E-state index contributed by atoms with van der Waals surface area (Å²) in [5, 5.41) is 8.78. The van der Waals surface area contributed by atoms with E-state index in [9.17, 15) is 0 Å². The monoisotopic (exact) mass is 315 g/mol. The molecule has 1 atom stereocenters. The maximum atomic E-state index is 6.32. The second kappa shape index (κ2) is 6.66. The Morgan fingerprint density at radius 2 is 2.10 bits per heavy atom. The number of hydrogen-bond acceptors (Lipinski definition) is 3. The molecule has 0 saturated carbocycles. The molecule has 0 fully saturated rings. The highest BCUT2D eigenvalue weighted by Gasteiger charge is 2.25. The molecule has 2 aromatic rings. The highest BCUT2D eigenvalue weighted by atomic mass is 35.5. The summed E-state index contributed by atoms with van der Waals surface area (Å²) in [7, 11) is 0. The second-order valence-corrected chi connectivity index (χ2v) is 5.72. The quantitative estimate of drug-likeness (QED) is 0.856. The Hall–Kier alpha value is -0.970. The van der Waals surface area contributed by atoms with Crippen LogP contribution in [0.25, 0.3) is 0 Å². The van der Waals surface area contributed by atoms with E-state index in [0.29, 0.717) is 10.2 Å². The van der Waals surface area contributed by atoms with Gasteiger partial charge in [-0.15, -0.1) is 0 Å². The van der Waals surface area contributed by atoms with Gasteiger partial charge in [0.05, 0.1) is 16.9 Å². The van der Waals surface area contributed by atoms with Crippen molar-refractivity contribution >= 4 is 23.2 Å². The van der Waals surface area contributed by atoms with Crippen LogP contribution < -0.4 is 5.32 Å². The van der Waals surface area contributed by atoms with E-state index in [2.05, 4.69) is 31.2 Å². The molecule has 0 saturated heterocycles. The van der Waals surface area contributed by atoms with Gasteiger partial charge in [0, 0.05) is 6.04 Å². The van der Waals surface area contributed by atoms with E-state index < -0.39 is 0 Å². The lowest BCUT2D eigenvalue weighted by Gasteiger charge is -2.20. The summed E-state index contributed by atoms with van der Waals surface area (Å²) in [6, 6.07) is 3.67. The third-order valence-corrected chi connectivity index (χ3v) is 3.52. The third-order valence-electron chi connectivity index (χ3n) is 3.03. The minimum absolute atomic E-state index is 0.153. The number of aromatic nitrogens is 2. The van der Waals surface area contributed by atoms with Crippen LogP contribution in [0.1, 0.15) is 50.7 Å². The maximum Gasteiger partial charge on any atom is 0.193 e. The zero-order chi connectivity index (χ0) is 14.7. The molecule has 0 aliphatic carbocycles. The standard InChI is InChI=1S/C14H19Cl2N3O/c1-4-7-17-13(11-5-6-12(16)20-11)14-10(15)8-18-19(14)9(2)3/h5-6,8-9,13,17H,4,7H2,1-3H3. The van der Waals surface area contributed by atoms with Crippen molar-refractivity contribution in [3.8, 4) is 0 Å². The molecule has 6 heteroatoms. The fraction of sp³-hybridized carbons (Fsp3) is 0.500. The molecule has 110 valence electrons. The topological polar surface area (TPSA) is 43.0 Å². The maximum absolute atomic E-state index is 6.32. The van der Waals surface area contributed by atoms with Gasteiger partial charge in [0.2, 0.25) is 0 Å². The minimum Gasteiger partial charge on any atom is -0.448 e. The Balaban J connectivity index is 2.43. The summed E-state index contributed by atoms with van der Waals surface area (Å²) < 4.78 is 7.47. The average Bonchev–Trinajstić information content (AvgIpc) is 2.98. The van der Waals surface area contributed by atoms with E-state index in [1.165, 1.54) is 0 Å². The number of rotatable bonds is 6. The molecule has 0 aliphatic rings. The van der Waals surface area contributed by atoms with Gasteiger partial charge in [0.1, 0.15) is 11.8 Å². The van der Waals surface area contributed by atoms with Crippen LogP contribution in [-0.2, 0) is 0 Å². The molecule has 2 aromatic heterocycles. The van der Waals surface area contributed by atoms with E-state index >= 15 is 0 Å². The molecule has 0 bridgehead atoms. The normalized spacial score (nSPS) is 13.1. The Kier molecular flexibility index (Phi) is 5.13. The molecule has 0 spiro atoms. The third kappa shape index (κ3) is 3.19. The van der Waals surface area contributed by atoms with Crippen molar-refractivity contribution in [1.82, 2.24) is 15.1 Å². The Labute approximate surface area is 129 Å². The molecule has 0 amide bonds. The van der Waals surface area contributed by atoms with Crippen LogP contribution in [0.4, 0.5) is 0 Å². The predicted molar refractivity (Wildman–Crippen MR) is 81.5 cm³/mol.